The third-order valence-electron chi connectivity index (χ3n) is 3.15. The van der Waals surface area contributed by atoms with E-state index in [0.29, 0.717) is 19.3 Å². The van der Waals surface area contributed by atoms with Crippen LogP contribution in [0.3, 0.4) is 0 Å². The Morgan fingerprint density at radius 1 is 1.46 bits per heavy atom. The van der Waals surface area contributed by atoms with Gasteiger partial charge in [0.1, 0.15) is 0 Å². The molecule has 0 spiro atoms. The Morgan fingerprint density at radius 2 is 2.15 bits per heavy atom. The van der Waals surface area contributed by atoms with Crippen LogP contribution in [0.4, 0.5) is 0 Å². The van der Waals surface area contributed by atoms with Gasteiger partial charge in [-0.3, -0.25) is 9.59 Å². The minimum atomic E-state index is -1.03. The maximum absolute atomic E-state index is 11.0. The molecular weight excluding hydrogens is 172 g/mol. The summed E-state index contributed by atoms with van der Waals surface area (Å²) in [6.07, 6.45) is 3.10. The molecule has 2 rings (SSSR count). The molecule has 4 nitrogen and oxygen atoms in total. The highest BCUT2D eigenvalue weighted by Gasteiger charge is 2.56. The van der Waals surface area contributed by atoms with E-state index in [1.807, 2.05) is 6.08 Å². The molecule has 0 aliphatic heterocycles. The van der Waals surface area contributed by atoms with Gasteiger partial charge in [-0.15, -0.1) is 0 Å². The molecule has 1 fully saturated rings. The van der Waals surface area contributed by atoms with Crippen molar-refractivity contribution in [2.24, 2.45) is 11.3 Å². The van der Waals surface area contributed by atoms with E-state index in [1.54, 1.807) is 0 Å². The number of carboxylic acids is 2. The van der Waals surface area contributed by atoms with Crippen LogP contribution in [0.2, 0.25) is 0 Å². The van der Waals surface area contributed by atoms with Gasteiger partial charge in [-0.25, -0.2) is 0 Å². The van der Waals surface area contributed by atoms with Gasteiger partial charge in [-0.1, -0.05) is 11.6 Å². The van der Waals surface area contributed by atoms with Crippen molar-refractivity contribution in [1.82, 2.24) is 0 Å². The first-order valence-corrected chi connectivity index (χ1v) is 4.20. The fourth-order valence-electron chi connectivity index (χ4n) is 2.39. The molecule has 0 aromatic rings. The maximum Gasteiger partial charge on any atom is 0.311 e. The van der Waals surface area contributed by atoms with Crippen LogP contribution in [0.15, 0.2) is 11.6 Å². The van der Waals surface area contributed by atoms with Crippen LogP contribution >= 0.6 is 0 Å². The summed E-state index contributed by atoms with van der Waals surface area (Å²) in [6, 6.07) is 0. The van der Waals surface area contributed by atoms with Crippen molar-refractivity contribution < 1.29 is 19.8 Å². The van der Waals surface area contributed by atoms with Crippen molar-refractivity contribution in [2.45, 2.75) is 19.3 Å². The molecule has 1 saturated carbocycles. The average Bonchev–Trinajstić information content (AvgIpc) is 2.60. The zero-order valence-corrected chi connectivity index (χ0v) is 6.99. The standard InChI is InChI=1S/C9H10O4/c10-7(11)6-3-5-1-2-9(6,4-5)8(12)13/h1,6H,2-4H2,(H,10,11)(H,12,13). The average molecular weight is 182 g/mol. The maximum atomic E-state index is 11.0. The number of allylic oxidation sites excluding steroid dienone is 2. The van der Waals surface area contributed by atoms with E-state index in [0.717, 1.165) is 5.57 Å². The van der Waals surface area contributed by atoms with Crippen LogP contribution in [0.25, 0.3) is 0 Å². The van der Waals surface area contributed by atoms with Gasteiger partial charge in [0.2, 0.25) is 0 Å². The van der Waals surface area contributed by atoms with Crippen LogP contribution in [0, 0.1) is 11.3 Å². The first kappa shape index (κ1) is 8.29. The van der Waals surface area contributed by atoms with Gasteiger partial charge >= 0.3 is 11.9 Å². The topological polar surface area (TPSA) is 74.6 Å². The van der Waals surface area contributed by atoms with E-state index in [2.05, 4.69) is 0 Å². The van der Waals surface area contributed by atoms with E-state index >= 15 is 0 Å². The van der Waals surface area contributed by atoms with Crippen LogP contribution in [-0.2, 0) is 9.59 Å². The molecule has 2 atom stereocenters. The van der Waals surface area contributed by atoms with E-state index in [9.17, 15) is 9.59 Å². The lowest BCUT2D eigenvalue weighted by atomic mass is 9.76. The van der Waals surface area contributed by atoms with Gasteiger partial charge in [0, 0.05) is 0 Å². The molecular formula is C9H10O4. The molecule has 2 N–H and O–H groups in total. The van der Waals surface area contributed by atoms with Gasteiger partial charge in [-0.05, 0) is 19.3 Å². The highest BCUT2D eigenvalue weighted by atomic mass is 16.4. The number of carboxylic acid groups (broad SMARTS) is 2. The van der Waals surface area contributed by atoms with Crippen molar-refractivity contribution >= 4 is 11.9 Å². The molecule has 4 heteroatoms. The molecule has 0 saturated heterocycles. The summed E-state index contributed by atoms with van der Waals surface area (Å²) in [4.78, 5) is 21.8. The van der Waals surface area contributed by atoms with Crippen LogP contribution in [0.1, 0.15) is 19.3 Å². The van der Waals surface area contributed by atoms with Crippen LogP contribution in [0.5, 0.6) is 0 Å². The third-order valence-corrected chi connectivity index (χ3v) is 3.15. The van der Waals surface area contributed by atoms with E-state index in [4.69, 9.17) is 10.2 Å². The minimum absolute atomic E-state index is 0.384. The number of hydrogen-bond acceptors (Lipinski definition) is 2. The lowest BCUT2D eigenvalue weighted by molar-refractivity contribution is -0.160. The number of fused-ring (bicyclic) bond motifs is 2. The van der Waals surface area contributed by atoms with Gasteiger partial charge in [-0.2, -0.15) is 0 Å². The first-order valence-electron chi connectivity index (χ1n) is 4.20. The lowest BCUT2D eigenvalue weighted by Gasteiger charge is -2.26. The van der Waals surface area contributed by atoms with Crippen molar-refractivity contribution in [3.8, 4) is 0 Å². The largest absolute Gasteiger partial charge is 0.481 e. The Kier molecular flexibility index (Phi) is 1.49. The van der Waals surface area contributed by atoms with Crippen LogP contribution < -0.4 is 0 Å². The fraction of sp³-hybridized carbons (Fsp3) is 0.556. The van der Waals surface area contributed by atoms with Crippen LogP contribution in [-0.4, -0.2) is 22.2 Å². The first-order chi connectivity index (χ1) is 6.06. The number of rotatable bonds is 2. The Morgan fingerprint density at radius 3 is 2.54 bits per heavy atom. The van der Waals surface area contributed by atoms with Crippen molar-refractivity contribution in [2.75, 3.05) is 0 Å². The molecule has 2 aliphatic rings. The lowest BCUT2D eigenvalue weighted by Crippen LogP contribution is -2.38. The molecule has 13 heavy (non-hydrogen) atoms. The second kappa shape index (κ2) is 2.34. The summed E-state index contributed by atoms with van der Waals surface area (Å²) in [5.41, 5.74) is -0.0314. The van der Waals surface area contributed by atoms with Gasteiger partial charge in [0.15, 0.2) is 0 Å². The van der Waals surface area contributed by atoms with Gasteiger partial charge in [0.05, 0.1) is 11.3 Å². The van der Waals surface area contributed by atoms with Gasteiger partial charge < -0.3 is 10.2 Å². The Balaban J connectivity index is 2.38. The van der Waals surface area contributed by atoms with Gasteiger partial charge in [0.25, 0.3) is 0 Å². The normalized spacial score (nSPS) is 36.0. The monoisotopic (exact) mass is 182 g/mol. The zero-order chi connectivity index (χ0) is 9.64. The summed E-state index contributed by atoms with van der Waals surface area (Å²) in [5, 5.41) is 17.9. The second-order valence-electron chi connectivity index (χ2n) is 3.80. The van der Waals surface area contributed by atoms with E-state index < -0.39 is 23.3 Å². The fourth-order valence-corrected chi connectivity index (χ4v) is 2.39. The number of aliphatic carboxylic acids is 2. The quantitative estimate of drug-likeness (QED) is 0.621. The summed E-state index contributed by atoms with van der Waals surface area (Å²) in [5.74, 6) is -2.67. The summed E-state index contributed by atoms with van der Waals surface area (Å²) >= 11 is 0. The van der Waals surface area contributed by atoms with Crippen molar-refractivity contribution in [3.63, 3.8) is 0 Å². The molecule has 2 bridgehead atoms. The third kappa shape index (κ3) is 0.913. The molecule has 0 aromatic carbocycles. The predicted octanol–water partition coefficient (Wildman–Crippen LogP) is 0.882. The number of carbonyl (C=O) groups is 2. The molecule has 2 unspecified atom stereocenters. The summed E-state index contributed by atoms with van der Waals surface area (Å²) < 4.78 is 0. The SMILES string of the molecule is O=C(O)C1CC2=CCC1(C(=O)O)C2. The molecule has 0 amide bonds. The van der Waals surface area contributed by atoms with Crippen molar-refractivity contribution in [1.29, 1.82) is 0 Å². The number of hydrogen-bond donors (Lipinski definition) is 2. The Labute approximate surface area is 74.9 Å². The minimum Gasteiger partial charge on any atom is -0.481 e. The second-order valence-corrected chi connectivity index (χ2v) is 3.80. The summed E-state index contributed by atoms with van der Waals surface area (Å²) in [6.45, 7) is 0. The van der Waals surface area contributed by atoms with Crippen molar-refractivity contribution in [3.05, 3.63) is 11.6 Å². The van der Waals surface area contributed by atoms with E-state index in [1.165, 1.54) is 0 Å². The summed E-state index contributed by atoms with van der Waals surface area (Å²) in [7, 11) is 0. The molecule has 0 radical (unpaired) electrons. The highest BCUT2D eigenvalue weighted by molar-refractivity contribution is 5.86. The zero-order valence-electron chi connectivity index (χ0n) is 6.99. The molecule has 70 valence electrons. The molecule has 2 aliphatic carbocycles. The van der Waals surface area contributed by atoms with E-state index in [-0.39, 0.29) is 0 Å². The molecule has 0 heterocycles. The smallest absolute Gasteiger partial charge is 0.311 e. The Bertz CT molecular complexity index is 318. The predicted molar refractivity (Wildman–Crippen MR) is 43.1 cm³/mol. The molecule has 0 aromatic heterocycles. The highest BCUT2D eigenvalue weighted by Crippen LogP contribution is 2.54. The Hall–Kier alpha value is -1.32.